The molecular weight excluding hydrogens is 339 g/mol. The van der Waals surface area contributed by atoms with Crippen molar-refractivity contribution in [2.24, 2.45) is 4.16 Å². The van der Waals surface area contributed by atoms with Crippen molar-refractivity contribution in [1.29, 1.82) is 0 Å². The van der Waals surface area contributed by atoms with Crippen LogP contribution >= 0.6 is 50.2 Å². The first-order valence-electron chi connectivity index (χ1n) is 1.82. The van der Waals surface area contributed by atoms with Crippen LogP contribution in [0.1, 0.15) is 0 Å². The van der Waals surface area contributed by atoms with E-state index in [0.717, 1.165) is 0 Å². The van der Waals surface area contributed by atoms with Crippen molar-refractivity contribution in [1.82, 2.24) is 0 Å². The second-order valence-electron chi connectivity index (χ2n) is 1.82. The van der Waals surface area contributed by atoms with Crippen molar-refractivity contribution < 1.29 is 17.3 Å². The Morgan fingerprint density at radius 1 is 1.08 bits per heavy atom. The van der Waals surface area contributed by atoms with E-state index in [1.54, 1.807) is 4.16 Å². The Balaban J connectivity index is 6.52. The van der Waals surface area contributed by atoms with Gasteiger partial charge in [-0.15, -0.1) is 0 Å². The van der Waals surface area contributed by atoms with Crippen LogP contribution in [0.15, 0.2) is 4.16 Å². The third-order valence-corrected chi connectivity index (χ3v) is 18.1. The van der Waals surface area contributed by atoms with Crippen LogP contribution in [0, 0.1) is 4.91 Å². The molecule has 0 heterocycles. The molecule has 0 aromatic rings. The van der Waals surface area contributed by atoms with Gasteiger partial charge in [-0.25, -0.2) is 0 Å². The third-order valence-electron chi connectivity index (χ3n) is 0.664. The summed E-state index contributed by atoms with van der Waals surface area (Å²) in [4.78, 5) is 10.1. The van der Waals surface area contributed by atoms with E-state index in [4.69, 9.17) is 54.8 Å². The summed E-state index contributed by atoms with van der Waals surface area (Å²) in [6.45, 7) is 0. The Kier molecular flexibility index (Phi) is 2.13. The van der Waals surface area contributed by atoms with Gasteiger partial charge >= 0.3 is 85.1 Å². The Morgan fingerprint density at radius 2 is 1.33 bits per heavy atom. The van der Waals surface area contributed by atoms with Crippen molar-refractivity contribution in [3.8, 4) is 0 Å². The molecule has 0 atom stereocenters. The fourth-order valence-corrected chi connectivity index (χ4v) is 0.476. The molecule has 0 aliphatic rings. The molecule has 0 aliphatic carbocycles. The SMILES string of the molecule is O=[N][Cr]([Cl])([Cl])([Cl])([Cl])([Cl])[S](=O)(=O)O. The molecule has 0 fully saturated rings. The number of nitroso groups, excluding NO2 is 1. The molecule has 0 aromatic carbocycles. The second kappa shape index (κ2) is 1.90. The fraction of sp³-hybridized carbons (Fsp3) is 0. The number of nitrogens with zero attached hydrogens (tertiary/aromatic N) is 1. The van der Waals surface area contributed by atoms with Crippen LogP contribution < -0.4 is 0 Å². The predicted octanol–water partition coefficient (Wildman–Crippen LogP) is 3.00. The van der Waals surface area contributed by atoms with E-state index < -0.39 is 12.8 Å². The van der Waals surface area contributed by atoms with E-state index in [-0.39, 0.29) is 0 Å². The van der Waals surface area contributed by atoms with Gasteiger partial charge in [0, 0.05) is 0 Å². The van der Waals surface area contributed by atoms with Gasteiger partial charge in [-0.1, -0.05) is 0 Å². The van der Waals surface area contributed by atoms with Gasteiger partial charge < -0.3 is 0 Å². The Hall–Kier alpha value is 1.49. The van der Waals surface area contributed by atoms with Crippen LogP contribution in [0.4, 0.5) is 0 Å². The van der Waals surface area contributed by atoms with Crippen molar-refractivity contribution >= 4 is 58.7 Å². The normalized spacial score (nSPS) is 23.0. The first-order valence-corrected chi connectivity index (χ1v) is 14.1. The zero-order chi connectivity index (χ0) is 10.6. The fourth-order valence-electron chi connectivity index (χ4n) is 0.0385. The summed E-state index contributed by atoms with van der Waals surface area (Å²) >= 11 is 0. The van der Waals surface area contributed by atoms with Gasteiger partial charge in [-0.2, -0.15) is 0 Å². The molecule has 12 heteroatoms. The first-order chi connectivity index (χ1) is 4.55. The van der Waals surface area contributed by atoms with Crippen LogP contribution in [0.2, 0.25) is 0 Å². The van der Waals surface area contributed by atoms with E-state index in [2.05, 4.69) is 0 Å². The maximum atomic E-state index is 10.5. The standard InChI is InChI=1S/5ClH.Cr.NO.HO3S/c;;;;;;1-2;1-4(2)3/h5*1H;;;(H,1,2,3)/q;;;;;+6;-1;/p-5. The molecular formula is HCl5CrNO4S. The van der Waals surface area contributed by atoms with Gasteiger partial charge in [-0.05, 0) is 0 Å². The summed E-state index contributed by atoms with van der Waals surface area (Å²) in [5, 5.41) is 0. The van der Waals surface area contributed by atoms with E-state index in [1.807, 2.05) is 0 Å². The number of halogens is 5. The van der Waals surface area contributed by atoms with Gasteiger partial charge in [0.15, 0.2) is 0 Å². The minimum atomic E-state index is -7.98. The maximum absolute atomic E-state index is 10.5. The van der Waals surface area contributed by atoms with Gasteiger partial charge in [0.25, 0.3) is 0 Å². The van der Waals surface area contributed by atoms with E-state index in [1.165, 1.54) is 0 Å². The predicted molar refractivity (Wildman–Crippen MR) is 46.6 cm³/mol. The summed E-state index contributed by atoms with van der Waals surface area (Å²) in [5.74, 6) is 0. The summed E-state index contributed by atoms with van der Waals surface area (Å²) in [6, 6.07) is 0. The molecule has 0 saturated heterocycles. The zero-order valence-corrected chi connectivity index (χ0v) is 10.7. The topological polar surface area (TPSA) is 83.8 Å². The molecule has 0 saturated carbocycles. The van der Waals surface area contributed by atoms with Gasteiger partial charge in [-0.3, -0.25) is 0 Å². The first kappa shape index (κ1) is 13.5. The minimum absolute atomic E-state index is 1.59. The molecule has 12 heavy (non-hydrogen) atoms. The Morgan fingerprint density at radius 3 is 1.33 bits per heavy atom. The molecule has 77 valence electrons. The van der Waals surface area contributed by atoms with Gasteiger partial charge in [0.05, 0.1) is 0 Å². The van der Waals surface area contributed by atoms with Crippen LogP contribution in [0.5, 0.6) is 0 Å². The quantitative estimate of drug-likeness (QED) is 0.619. The van der Waals surface area contributed by atoms with Crippen molar-refractivity contribution in [2.75, 3.05) is 0 Å². The van der Waals surface area contributed by atoms with Crippen LogP contribution in [0.3, 0.4) is 0 Å². The number of rotatable bonds is 2. The van der Waals surface area contributed by atoms with E-state index in [9.17, 15) is 13.3 Å². The molecule has 0 spiro atoms. The Bertz CT molecular complexity index is 351. The zero-order valence-electron chi connectivity index (χ0n) is 4.83. The van der Waals surface area contributed by atoms with Crippen LogP contribution in [0.25, 0.3) is 0 Å². The summed E-state index contributed by atoms with van der Waals surface area (Å²) in [7, 11) is 18.7. The molecule has 0 radical (unpaired) electrons. The average Bonchev–Trinajstić information content (AvgIpc) is 1.59. The molecule has 0 bridgehead atoms. The van der Waals surface area contributed by atoms with Gasteiger partial charge in [0.1, 0.15) is 0 Å². The van der Waals surface area contributed by atoms with Crippen LogP contribution in [-0.2, 0) is 12.8 Å². The summed E-state index contributed by atoms with van der Waals surface area (Å²) in [5.41, 5.74) is 0. The summed E-state index contributed by atoms with van der Waals surface area (Å²) in [6.07, 6.45) is 0. The molecule has 0 aromatic heterocycles. The van der Waals surface area contributed by atoms with Crippen LogP contribution in [-0.4, -0.2) is 13.0 Å². The third kappa shape index (κ3) is 1.95. The summed E-state index contributed by atoms with van der Waals surface area (Å²) < 4.78 is 23.1. The molecule has 0 amide bonds. The second-order valence-corrected chi connectivity index (χ2v) is 42.1. The molecule has 1 N–H and O–H groups in total. The number of hydrogen-bond acceptors (Lipinski definition) is 4. The van der Waals surface area contributed by atoms with Crippen molar-refractivity contribution in [3.63, 3.8) is 0 Å². The van der Waals surface area contributed by atoms with Gasteiger partial charge in [0.2, 0.25) is 0 Å². The molecule has 0 aliphatic heterocycles. The Labute approximate surface area is 84.4 Å². The number of hydrogen-bond donors (Lipinski definition) is 1. The molecule has 5 nitrogen and oxygen atoms in total. The molecule has 0 unspecified atom stereocenters. The monoisotopic (exact) mass is 338 g/mol. The van der Waals surface area contributed by atoms with Crippen molar-refractivity contribution in [2.45, 2.75) is 0 Å². The van der Waals surface area contributed by atoms with E-state index >= 15 is 0 Å². The van der Waals surface area contributed by atoms with Crippen molar-refractivity contribution in [3.05, 3.63) is 4.91 Å². The average molecular weight is 340 g/mol. The van der Waals surface area contributed by atoms with E-state index in [0.29, 0.717) is 0 Å². The molecule has 0 rings (SSSR count).